The summed E-state index contributed by atoms with van der Waals surface area (Å²) in [5.74, 6) is 0.133. The maximum atomic E-state index is 12.5. The standard InChI is InChI=1S/C41H72N4O6S2.C31H50N2O5S.8CH4.2H2/c1-4-5-6-7-8-9-10-11-12-13-14-15-16-17-18-19-20-24-38(48)51-35-41(2,3)39(49)40(50)45-29-25-37(47)44-31-34-53-36-52-33-30-43-28-23-27-42-26-21-22-32-46;1-4-5-6-7-8-9-10-11-12-13-14-15-16-17-18-19-20-21-28(35)38-26-31(2,3)29(36)30(37)33-23-22-27(34)32-24-25-39;;;;;;;;;;/h5-6,8-9,11-12,14-15,17-18,39,42-43,46,49H,4,7,10,13,16,19-36H2,1-3H3,(H,44,47)(H,45,50);5-6,8-9,11-12,14-15,17-18,29,36,39H,4,7,10,13,16,19-26H2,1-3H3,(H,32,34)(H,33,37);8*1H4;2*1H/b2*6-5-,9-8-,12-11-,15-14-,18-17-;;;;;;;;;;/t39-;29-;;;;;;;;;;/m00........../s1/i;;;;;;;;;;1+2D;1+2. The maximum Gasteiger partial charge on any atom is 0.305 e. The second-order valence-corrected chi connectivity index (χ2v) is 26.1. The molecule has 2 atom stereocenters. The van der Waals surface area contributed by atoms with Gasteiger partial charge < -0.3 is 56.7 Å². The number of thiol groups is 1. The van der Waals surface area contributed by atoms with Crippen LogP contribution in [0.5, 0.6) is 0 Å². The smallest absolute Gasteiger partial charge is 0.305 e. The van der Waals surface area contributed by atoms with E-state index < -0.39 is 34.9 Å². The van der Waals surface area contributed by atoms with Crippen LogP contribution in [0.15, 0.2) is 122 Å². The van der Waals surface area contributed by atoms with Crippen molar-refractivity contribution >= 4 is 71.7 Å². The minimum Gasteiger partial charge on any atom is -0.465 e. The number of amides is 4. The van der Waals surface area contributed by atoms with Crippen LogP contribution < -0.4 is 31.9 Å². The highest BCUT2D eigenvalue weighted by molar-refractivity contribution is 8.16. The van der Waals surface area contributed by atoms with Gasteiger partial charge in [-0.2, -0.15) is 12.6 Å². The van der Waals surface area contributed by atoms with Crippen molar-refractivity contribution in [1.82, 2.24) is 31.9 Å². The van der Waals surface area contributed by atoms with Crippen LogP contribution in [0.3, 0.4) is 0 Å². The molecule has 20 heteroatoms. The molecule has 0 saturated heterocycles. The number of carbonyl (C=O) groups is 6. The Bertz CT molecular complexity index is 2220. The van der Waals surface area contributed by atoms with E-state index in [0.29, 0.717) is 31.7 Å². The molecule has 0 fully saturated rings. The Morgan fingerprint density at radius 1 is 0.430 bits per heavy atom. The van der Waals surface area contributed by atoms with E-state index in [2.05, 4.69) is 180 Å². The van der Waals surface area contributed by atoms with Crippen molar-refractivity contribution in [3.8, 4) is 0 Å². The molecule has 0 aliphatic rings. The van der Waals surface area contributed by atoms with Crippen molar-refractivity contribution in [2.75, 3.05) is 94.5 Å². The third-order valence-corrected chi connectivity index (χ3v) is 15.9. The number of aliphatic hydroxyl groups is 3. The summed E-state index contributed by atoms with van der Waals surface area (Å²) in [6, 6.07) is 0. The second-order valence-electron chi connectivity index (χ2n) is 23.0. The van der Waals surface area contributed by atoms with Gasteiger partial charge in [0.25, 0.3) is 0 Å². The van der Waals surface area contributed by atoms with E-state index in [1.54, 1.807) is 39.5 Å². The Morgan fingerprint density at radius 3 is 1.10 bits per heavy atom. The highest BCUT2D eigenvalue weighted by Gasteiger charge is 2.36. The van der Waals surface area contributed by atoms with E-state index in [4.69, 9.17) is 17.5 Å². The van der Waals surface area contributed by atoms with Crippen molar-refractivity contribution in [3.05, 3.63) is 122 Å². The van der Waals surface area contributed by atoms with E-state index in [1.807, 2.05) is 11.8 Å². The highest BCUT2D eigenvalue weighted by Crippen LogP contribution is 2.23. The van der Waals surface area contributed by atoms with E-state index >= 15 is 0 Å². The van der Waals surface area contributed by atoms with Crippen molar-refractivity contribution in [1.29, 1.82) is 0 Å². The van der Waals surface area contributed by atoms with Crippen molar-refractivity contribution in [2.24, 2.45) is 10.8 Å². The fourth-order valence-electron chi connectivity index (χ4n) is 7.71. The lowest BCUT2D eigenvalue weighted by atomic mass is 9.87. The topological polar surface area (TPSA) is 254 Å². The highest BCUT2D eigenvalue weighted by atomic mass is 32.2. The molecule has 0 radical (unpaired) electrons. The lowest BCUT2D eigenvalue weighted by Gasteiger charge is -2.29. The molecule has 0 rings (SSSR count). The Hall–Kier alpha value is -4.93. The molecule has 0 aliphatic heterocycles. The van der Waals surface area contributed by atoms with Gasteiger partial charge in [-0.25, -0.2) is 0 Å². The maximum absolute atomic E-state index is 12.5. The number of rotatable bonds is 58. The molecule has 0 aromatic rings. The fraction of sp³-hybridized carbons (Fsp3) is 0.675. The minimum atomic E-state index is -1.38. The van der Waals surface area contributed by atoms with E-state index in [0.717, 1.165) is 139 Å². The molecule has 100 heavy (non-hydrogen) atoms. The summed E-state index contributed by atoms with van der Waals surface area (Å²) in [6.07, 6.45) is 56.5. The first-order chi connectivity index (χ1) is 45.5. The summed E-state index contributed by atoms with van der Waals surface area (Å²) in [7, 11) is 0. The fourth-order valence-corrected chi connectivity index (χ4v) is 9.77. The first-order valence-electron chi connectivity index (χ1n) is 34.5. The zero-order valence-electron chi connectivity index (χ0n) is 59.0. The van der Waals surface area contributed by atoms with Gasteiger partial charge in [-0.3, -0.25) is 28.8 Å². The molecule has 0 spiro atoms. The van der Waals surface area contributed by atoms with Crippen LogP contribution in [-0.4, -0.2) is 158 Å². The van der Waals surface area contributed by atoms with Crippen molar-refractivity contribution in [3.63, 3.8) is 0 Å². The zero-order valence-corrected chi connectivity index (χ0v) is 59.6. The van der Waals surface area contributed by atoms with Gasteiger partial charge in [-0.15, -0.1) is 23.5 Å². The molecule has 17 nitrogen and oxygen atoms in total. The number of aliphatic hydroxyl groups excluding tert-OH is 3. The summed E-state index contributed by atoms with van der Waals surface area (Å²) in [5.41, 5.74) is -1.94. The molecule has 0 saturated carbocycles. The first kappa shape index (κ1) is 114. The average molecular weight is 1480 g/mol. The van der Waals surface area contributed by atoms with E-state index in [9.17, 15) is 39.0 Å². The lowest BCUT2D eigenvalue weighted by Crippen LogP contribution is -2.47. The predicted octanol–water partition coefficient (Wildman–Crippen LogP) is 17.2. The number of esters is 2. The molecule has 592 valence electrons. The van der Waals surface area contributed by atoms with Gasteiger partial charge in [0.15, 0.2) is 0 Å². The van der Waals surface area contributed by atoms with E-state index in [-0.39, 0.29) is 143 Å². The van der Waals surface area contributed by atoms with Gasteiger partial charge in [0.05, 0.1) is 13.2 Å². The average Bonchev–Trinajstić information content (AvgIpc) is 0.869. The molecule has 9 N–H and O–H groups in total. The Balaban J connectivity index is -0.000000150. The summed E-state index contributed by atoms with van der Waals surface area (Å²) in [4.78, 5) is 72.7. The number of allylic oxidation sites excluding steroid dienone is 20. The largest absolute Gasteiger partial charge is 0.465 e. The van der Waals surface area contributed by atoms with Gasteiger partial charge in [0, 0.05) is 103 Å². The Labute approximate surface area is 633 Å². The molecular formula is C80H158N6O11S3. The minimum absolute atomic E-state index is 0. The van der Waals surface area contributed by atoms with Crippen LogP contribution in [0.2, 0.25) is 0 Å². The molecule has 4 amide bonds. The molecule has 0 unspecified atom stereocenters. The van der Waals surface area contributed by atoms with Gasteiger partial charge in [0.2, 0.25) is 23.6 Å². The summed E-state index contributed by atoms with van der Waals surface area (Å²) in [5, 5.41) is 48.1. The van der Waals surface area contributed by atoms with Crippen LogP contribution in [0.1, 0.15) is 240 Å². The van der Waals surface area contributed by atoms with Crippen LogP contribution in [0.25, 0.3) is 0 Å². The molecule has 0 heterocycles. The third-order valence-electron chi connectivity index (χ3n) is 13.4. The van der Waals surface area contributed by atoms with Crippen LogP contribution >= 0.6 is 36.2 Å². The van der Waals surface area contributed by atoms with Crippen molar-refractivity contribution in [2.45, 2.75) is 248 Å². The van der Waals surface area contributed by atoms with Gasteiger partial charge >= 0.3 is 11.9 Å². The Kier molecular flexibility index (Phi) is 98.2. The summed E-state index contributed by atoms with van der Waals surface area (Å²) < 4.78 is 20.7. The SMILES string of the molecule is C.C.C.C.C.C.C.C.CC/C=C\C/C=C\C/C=C\C/C=C\C/C=C\CCCC(=O)OCC(C)(C)[C@@H](O)C(=O)NCCC(=O)NCCS.CC/C=C\C/C=C\C/C=C\C/C=C\C/C=C\CCCC(=O)OCC(C)(C)[C@@H](O)C(=O)NCCC(=O)NCCSCSCCNCCCNCCCCO.[2H][3H].[3HH]. The predicted molar refractivity (Wildman–Crippen MR) is 448 cm³/mol. The summed E-state index contributed by atoms with van der Waals surface area (Å²) >= 11 is 7.66. The quantitative estimate of drug-likeness (QED) is 0.00894. The van der Waals surface area contributed by atoms with Crippen molar-refractivity contribution < 1.29 is 58.0 Å². The number of unbranched alkanes of at least 4 members (excludes halogenated alkanes) is 3. The molecule has 0 aromatic carbocycles. The number of thioether (sulfide) groups is 2. The molecular weight excluding hydrogens is 1320 g/mol. The monoisotopic (exact) mass is 1480 g/mol. The van der Waals surface area contributed by atoms with Crippen LogP contribution in [-0.2, 0) is 38.2 Å². The zero-order chi connectivity index (χ0) is 70.3. The molecule has 0 bridgehead atoms. The van der Waals surface area contributed by atoms with Crippen LogP contribution in [0.4, 0.5) is 0 Å². The van der Waals surface area contributed by atoms with Gasteiger partial charge in [0.1, 0.15) is 12.2 Å². The molecule has 0 aliphatic carbocycles. The Morgan fingerprint density at radius 2 is 0.750 bits per heavy atom. The normalized spacial score (nSPS) is 12.1. The van der Waals surface area contributed by atoms with Gasteiger partial charge in [-0.05, 0) is 129 Å². The van der Waals surface area contributed by atoms with Crippen LogP contribution in [0, 0.1) is 10.8 Å². The number of ether oxygens (including phenoxy) is 2. The van der Waals surface area contributed by atoms with E-state index in [1.165, 1.54) is 0 Å². The summed E-state index contributed by atoms with van der Waals surface area (Å²) in [6.45, 7) is 16.2. The number of hydrogen-bond acceptors (Lipinski definition) is 16. The number of hydrogen-bond donors (Lipinski definition) is 10. The first-order valence-corrected chi connectivity index (χ1v) is 36.5. The lowest BCUT2D eigenvalue weighted by molar-refractivity contribution is -0.153. The van der Waals surface area contributed by atoms with Gasteiger partial charge in [-0.1, -0.05) is 222 Å². The molecule has 0 aromatic heterocycles. The number of nitrogens with one attached hydrogen (secondary N) is 6. The third kappa shape index (κ3) is 80.4. The second kappa shape index (κ2) is 86.5. The number of carbonyl (C=O) groups excluding carboxylic acids is 6.